The monoisotopic (exact) mass is 615 g/mol. The highest BCUT2D eigenvalue weighted by Crippen LogP contribution is 2.56. The van der Waals surface area contributed by atoms with Crippen molar-refractivity contribution in [1.29, 1.82) is 0 Å². The van der Waals surface area contributed by atoms with Gasteiger partial charge >= 0.3 is 0 Å². The number of benzene rings is 1. The van der Waals surface area contributed by atoms with Gasteiger partial charge in [0.2, 0.25) is 0 Å². The van der Waals surface area contributed by atoms with E-state index in [1.54, 1.807) is 25.1 Å². The van der Waals surface area contributed by atoms with Crippen molar-refractivity contribution in [2.24, 2.45) is 29.4 Å². The van der Waals surface area contributed by atoms with Crippen molar-refractivity contribution in [3.05, 3.63) is 50.4 Å². The van der Waals surface area contributed by atoms with Gasteiger partial charge in [0, 0.05) is 43.3 Å². The number of aromatic hydroxyl groups is 1. The molecule has 4 atom stereocenters. The zero-order valence-corrected chi connectivity index (χ0v) is 26.5. The Morgan fingerprint density at radius 1 is 1.21 bits per heavy atom. The molecule has 10 nitrogen and oxygen atoms in total. The molecule has 43 heavy (non-hydrogen) atoms. The molecule has 11 heteroatoms. The quantitative estimate of drug-likeness (QED) is 0.338. The van der Waals surface area contributed by atoms with Crippen molar-refractivity contribution in [3.63, 3.8) is 0 Å². The van der Waals surface area contributed by atoms with E-state index in [-0.39, 0.29) is 29.1 Å². The molecular weight excluding hydrogens is 574 g/mol. The van der Waals surface area contributed by atoms with Gasteiger partial charge in [-0.15, -0.1) is 0 Å². The molecule has 0 aliphatic heterocycles. The Morgan fingerprint density at radius 2 is 1.88 bits per heavy atom. The van der Waals surface area contributed by atoms with E-state index in [0.29, 0.717) is 35.4 Å². The minimum atomic E-state index is -1.82. The van der Waals surface area contributed by atoms with Crippen molar-refractivity contribution >= 4 is 29.1 Å². The van der Waals surface area contributed by atoms with E-state index in [2.05, 4.69) is 18.7 Å². The molecule has 4 aliphatic carbocycles. The number of hydrogen-bond acceptors (Lipinski definition) is 9. The number of carbonyl (C=O) groups is 3. The number of nitrogens with zero attached hydrogens (tertiary/aromatic N) is 2. The zero-order valence-electron chi connectivity index (χ0n) is 25.7. The second-order valence-electron chi connectivity index (χ2n) is 13.1. The van der Waals surface area contributed by atoms with Gasteiger partial charge < -0.3 is 25.4 Å². The molecule has 0 heterocycles. The van der Waals surface area contributed by atoms with E-state index < -0.39 is 52.3 Å². The molecule has 0 unspecified atom stereocenters. The predicted octanol–water partition coefficient (Wildman–Crippen LogP) is 3.38. The third-order valence-electron chi connectivity index (χ3n) is 9.43. The molecule has 1 aromatic rings. The maximum atomic E-state index is 14.3. The third-order valence-corrected chi connectivity index (χ3v) is 9.90. The number of phenols is 1. The number of nitrogens with two attached hydrogens (primary N) is 1. The van der Waals surface area contributed by atoms with Crippen LogP contribution in [0.5, 0.6) is 5.75 Å². The van der Waals surface area contributed by atoms with Crippen LogP contribution in [0.25, 0.3) is 0 Å². The highest BCUT2D eigenvalue weighted by atomic mass is 35.5. The standard InChI is InChI=1S/C32H42ClN3O7/c1-15(2)12-36(13-16-7-8-16)14-18-11-21(37)23-19(25(18)33)9-17-10-20-26(35(3)4)28(39)24(31(34)41)29(40)32(20,43-6)30(42-5)22(17)27(23)38/h11,15-17,20,26,37,40H,7-10,12-14H2,1-6H3,(H2,34,41)/t17-,20-,26-,32+/m0/s1. The smallest absolute Gasteiger partial charge is 0.255 e. The normalized spacial score (nSPS) is 27.2. The number of fused-ring (bicyclic) bond motifs is 3. The number of rotatable bonds is 10. The number of amides is 1. The summed E-state index contributed by atoms with van der Waals surface area (Å²) < 4.78 is 11.8. The Kier molecular flexibility index (Phi) is 8.45. The fourth-order valence-corrected chi connectivity index (χ4v) is 7.93. The van der Waals surface area contributed by atoms with E-state index in [1.165, 1.54) is 27.1 Å². The van der Waals surface area contributed by atoms with E-state index >= 15 is 0 Å². The predicted molar refractivity (Wildman–Crippen MR) is 161 cm³/mol. The number of likely N-dealkylation sites (N-methyl/N-ethyl adjacent to an activating group) is 1. The number of phenolic OH excluding ortho intramolecular Hbond substituents is 1. The second-order valence-corrected chi connectivity index (χ2v) is 13.5. The summed E-state index contributed by atoms with van der Waals surface area (Å²) in [5.41, 5.74) is 4.80. The summed E-state index contributed by atoms with van der Waals surface area (Å²) in [4.78, 5) is 44.3. The average Bonchev–Trinajstić information content (AvgIpc) is 3.73. The van der Waals surface area contributed by atoms with Gasteiger partial charge in [-0.25, -0.2) is 0 Å². The van der Waals surface area contributed by atoms with Gasteiger partial charge in [0.25, 0.3) is 5.91 Å². The minimum absolute atomic E-state index is 0.00496. The molecule has 4 N–H and O–H groups in total. The van der Waals surface area contributed by atoms with Gasteiger partial charge in [-0.1, -0.05) is 25.4 Å². The van der Waals surface area contributed by atoms with Gasteiger partial charge in [0.15, 0.2) is 17.2 Å². The Hall–Kier alpha value is -2.92. The Morgan fingerprint density at radius 3 is 2.42 bits per heavy atom. The van der Waals surface area contributed by atoms with Crippen LogP contribution in [0.1, 0.15) is 54.6 Å². The van der Waals surface area contributed by atoms with Gasteiger partial charge in [-0.3, -0.25) is 24.2 Å². The van der Waals surface area contributed by atoms with Crippen LogP contribution in [0.4, 0.5) is 0 Å². The Bertz CT molecular complexity index is 1430. The number of Topliss-reactive ketones (excluding diaryl/α,β-unsaturated/α-hetero) is 2. The third kappa shape index (κ3) is 5.06. The second kappa shape index (κ2) is 11.5. The van der Waals surface area contributed by atoms with Crippen LogP contribution in [0.15, 0.2) is 28.7 Å². The summed E-state index contributed by atoms with van der Waals surface area (Å²) in [5.74, 6) is -3.10. The summed E-state index contributed by atoms with van der Waals surface area (Å²) in [6, 6.07) is 0.678. The lowest BCUT2D eigenvalue weighted by atomic mass is 9.59. The summed E-state index contributed by atoms with van der Waals surface area (Å²) in [7, 11) is 6.07. The van der Waals surface area contributed by atoms with Crippen molar-refractivity contribution in [2.45, 2.75) is 57.7 Å². The number of primary amides is 1. The molecule has 0 bridgehead atoms. The van der Waals surface area contributed by atoms with Crippen LogP contribution in [0.2, 0.25) is 5.02 Å². The first-order valence-corrected chi connectivity index (χ1v) is 15.2. The Balaban J connectivity index is 1.66. The first-order chi connectivity index (χ1) is 20.3. The molecule has 4 aliphatic rings. The lowest BCUT2D eigenvalue weighted by Crippen LogP contribution is -2.63. The van der Waals surface area contributed by atoms with Gasteiger partial charge in [0.05, 0.1) is 18.7 Å². The van der Waals surface area contributed by atoms with Gasteiger partial charge in [-0.2, -0.15) is 0 Å². The molecule has 0 radical (unpaired) electrons. The number of aliphatic hydroxyl groups is 1. The molecule has 0 saturated heterocycles. The van der Waals surface area contributed by atoms with E-state index in [1.807, 2.05) is 0 Å². The molecule has 1 amide bonds. The van der Waals surface area contributed by atoms with E-state index in [4.69, 9.17) is 26.8 Å². The number of ether oxygens (including phenoxy) is 2. The average molecular weight is 616 g/mol. The van der Waals surface area contributed by atoms with Gasteiger partial charge in [-0.05, 0) is 74.7 Å². The maximum Gasteiger partial charge on any atom is 0.255 e. The summed E-state index contributed by atoms with van der Waals surface area (Å²) in [5, 5.41) is 23.2. The van der Waals surface area contributed by atoms with E-state index in [0.717, 1.165) is 18.7 Å². The summed E-state index contributed by atoms with van der Waals surface area (Å²) in [6.45, 7) is 6.75. The van der Waals surface area contributed by atoms with E-state index in [9.17, 15) is 24.6 Å². The SMILES string of the molecule is COC1=C2C(=O)c3c(O)cc(CN(CC(C)C)CC4CC4)c(Cl)c3C[C@H]2C[C@H]2[C@H](N(C)C)C(=O)C(C(N)=O)=C(O)[C@@]12OC. The Labute approximate surface area is 257 Å². The molecule has 0 spiro atoms. The lowest BCUT2D eigenvalue weighted by molar-refractivity contribution is -0.141. The fraction of sp³-hybridized carbons (Fsp3) is 0.594. The highest BCUT2D eigenvalue weighted by molar-refractivity contribution is 6.33. The molecule has 1 fully saturated rings. The van der Waals surface area contributed by atoms with Crippen molar-refractivity contribution in [2.75, 3.05) is 41.4 Å². The van der Waals surface area contributed by atoms with Crippen LogP contribution >= 0.6 is 11.6 Å². The highest BCUT2D eigenvalue weighted by Gasteiger charge is 2.64. The molecule has 234 valence electrons. The number of halogens is 1. The molecule has 1 saturated carbocycles. The lowest BCUT2D eigenvalue weighted by Gasteiger charge is -2.52. The maximum absolute atomic E-state index is 14.3. The number of carbonyl (C=O) groups excluding carboxylic acids is 3. The molecule has 1 aromatic carbocycles. The first-order valence-electron chi connectivity index (χ1n) is 14.9. The van der Waals surface area contributed by atoms with Crippen LogP contribution < -0.4 is 5.73 Å². The van der Waals surface area contributed by atoms with Crippen LogP contribution in [0, 0.1) is 23.7 Å². The van der Waals surface area contributed by atoms with Gasteiger partial charge in [0.1, 0.15) is 22.8 Å². The minimum Gasteiger partial charge on any atom is -0.508 e. The van der Waals surface area contributed by atoms with Crippen LogP contribution in [-0.4, -0.2) is 90.5 Å². The van der Waals surface area contributed by atoms with Crippen LogP contribution in [0.3, 0.4) is 0 Å². The van der Waals surface area contributed by atoms with Crippen molar-refractivity contribution in [3.8, 4) is 5.75 Å². The largest absolute Gasteiger partial charge is 0.508 e. The fourth-order valence-electron chi connectivity index (χ4n) is 7.65. The number of ketones is 2. The van der Waals surface area contributed by atoms with Crippen LogP contribution in [-0.2, 0) is 32.0 Å². The summed E-state index contributed by atoms with van der Waals surface area (Å²) >= 11 is 7.05. The first kappa shape index (κ1) is 31.5. The number of aliphatic hydroxyl groups excluding tert-OH is 1. The number of allylic oxidation sites excluding steroid dienone is 1. The molecule has 0 aromatic heterocycles. The zero-order chi connectivity index (χ0) is 31.5. The van der Waals surface area contributed by atoms with Crippen molar-refractivity contribution < 1.29 is 34.1 Å². The summed E-state index contributed by atoms with van der Waals surface area (Å²) in [6.07, 6.45) is 3.00. The number of methoxy groups -OCH3 is 2. The molecule has 5 rings (SSSR count). The topological polar surface area (TPSA) is 143 Å². The van der Waals surface area contributed by atoms with Crippen molar-refractivity contribution in [1.82, 2.24) is 9.80 Å². The molecular formula is C32H42ClN3O7. The number of hydrogen-bond donors (Lipinski definition) is 3.